The molecule has 2 aromatic rings. The molecule has 2 fully saturated rings. The Kier molecular flexibility index (Phi) is 9.43. The van der Waals surface area contributed by atoms with Gasteiger partial charge in [-0.15, -0.1) is 0 Å². The lowest BCUT2D eigenvalue weighted by molar-refractivity contribution is 0.0363. The minimum absolute atomic E-state index is 0.0261. The maximum atomic E-state index is 13.8. The van der Waals surface area contributed by atoms with E-state index < -0.39 is 11.2 Å². The van der Waals surface area contributed by atoms with E-state index in [0.717, 1.165) is 93.0 Å². The minimum atomic E-state index is -0.649. The first-order valence-electron chi connectivity index (χ1n) is 13.9. The smallest absolute Gasteiger partial charge is 0.253 e. The minimum Gasteiger partial charge on any atom is -0.616 e. The van der Waals surface area contributed by atoms with E-state index in [0.29, 0.717) is 33.8 Å². The van der Waals surface area contributed by atoms with E-state index in [1.807, 2.05) is 36.2 Å². The molecule has 5 rings (SSSR count). The standard InChI is InChI=1S/C30H36Cl2N4O2S/c1-34(30(37)27-15-21(17-33)14-23-4-2-3-5-26(23)27)18-24(22-6-7-28(31)29(32)16-22)8-9-35-19-25(20-35)36-10-12-39(38)13-11-36/h6-7,14-16,24-25H,2-5,8-13,18-20H2,1H3. The lowest BCUT2D eigenvalue weighted by Gasteiger charge is -2.47. The van der Waals surface area contributed by atoms with Gasteiger partial charge in [-0.2, -0.15) is 5.26 Å². The summed E-state index contributed by atoms with van der Waals surface area (Å²) in [4.78, 5) is 20.5. The Hall–Kier alpha value is -1.79. The molecule has 2 saturated heterocycles. The maximum Gasteiger partial charge on any atom is 0.253 e. The molecule has 1 unspecified atom stereocenters. The Bertz CT molecular complexity index is 1240. The second kappa shape index (κ2) is 12.8. The number of likely N-dealkylation sites (N-methyl/N-ethyl adjacent to an activating group) is 1. The van der Waals surface area contributed by atoms with Crippen LogP contribution in [0.4, 0.5) is 0 Å². The van der Waals surface area contributed by atoms with Crippen LogP contribution in [0.25, 0.3) is 0 Å². The van der Waals surface area contributed by atoms with Crippen LogP contribution in [0.1, 0.15) is 57.8 Å². The summed E-state index contributed by atoms with van der Waals surface area (Å²) in [5.74, 6) is 1.65. The van der Waals surface area contributed by atoms with Crippen LogP contribution in [0, 0.1) is 11.3 Å². The van der Waals surface area contributed by atoms with Gasteiger partial charge in [0.25, 0.3) is 5.91 Å². The number of carbonyl (C=O) groups is 1. The van der Waals surface area contributed by atoms with Crippen molar-refractivity contribution in [3.05, 3.63) is 68.2 Å². The van der Waals surface area contributed by atoms with Crippen molar-refractivity contribution in [2.75, 3.05) is 57.8 Å². The van der Waals surface area contributed by atoms with E-state index in [1.54, 1.807) is 6.07 Å². The molecule has 0 spiro atoms. The predicted molar refractivity (Wildman–Crippen MR) is 158 cm³/mol. The molecule has 0 aromatic heterocycles. The molecule has 0 bridgehead atoms. The molecule has 1 atom stereocenters. The third kappa shape index (κ3) is 6.75. The van der Waals surface area contributed by atoms with Gasteiger partial charge in [-0.25, -0.2) is 0 Å². The van der Waals surface area contributed by atoms with Crippen LogP contribution < -0.4 is 0 Å². The molecule has 3 aliphatic rings. The van der Waals surface area contributed by atoms with Crippen molar-refractivity contribution in [2.45, 2.75) is 44.1 Å². The van der Waals surface area contributed by atoms with Crippen molar-refractivity contribution in [2.24, 2.45) is 0 Å². The zero-order valence-corrected chi connectivity index (χ0v) is 24.8. The number of rotatable bonds is 8. The number of nitriles is 1. The molecular formula is C30H36Cl2N4O2S. The van der Waals surface area contributed by atoms with Gasteiger partial charge in [-0.05, 0) is 79.6 Å². The van der Waals surface area contributed by atoms with Crippen LogP contribution >= 0.6 is 23.2 Å². The van der Waals surface area contributed by atoms with Gasteiger partial charge in [0.05, 0.1) is 21.7 Å². The molecule has 208 valence electrons. The van der Waals surface area contributed by atoms with Crippen molar-refractivity contribution >= 4 is 40.3 Å². The number of hydrogen-bond acceptors (Lipinski definition) is 5. The van der Waals surface area contributed by atoms with E-state index in [4.69, 9.17) is 23.2 Å². The SMILES string of the molecule is CN(CC(CCN1CC(N2CC[S+]([O-])CC2)C1)c1ccc(Cl)c(Cl)c1)C(=O)c1cc(C#N)cc2c1CCCC2. The van der Waals surface area contributed by atoms with Crippen molar-refractivity contribution in [1.82, 2.24) is 14.7 Å². The summed E-state index contributed by atoms with van der Waals surface area (Å²) < 4.78 is 11.7. The summed E-state index contributed by atoms with van der Waals surface area (Å²) in [6.45, 7) is 5.41. The van der Waals surface area contributed by atoms with Gasteiger partial charge in [0.1, 0.15) is 11.5 Å². The highest BCUT2D eigenvalue weighted by atomic mass is 35.5. The fraction of sp³-hybridized carbons (Fsp3) is 0.533. The Morgan fingerprint density at radius 3 is 2.62 bits per heavy atom. The molecule has 39 heavy (non-hydrogen) atoms. The molecular weight excluding hydrogens is 551 g/mol. The zero-order valence-electron chi connectivity index (χ0n) is 22.5. The molecule has 2 heterocycles. The lowest BCUT2D eigenvalue weighted by atomic mass is 9.86. The summed E-state index contributed by atoms with van der Waals surface area (Å²) in [6.07, 6.45) is 4.87. The van der Waals surface area contributed by atoms with Crippen LogP contribution in [0.5, 0.6) is 0 Å². The first-order valence-corrected chi connectivity index (χ1v) is 16.1. The van der Waals surface area contributed by atoms with Gasteiger partial charge in [-0.1, -0.05) is 40.4 Å². The Balaban J connectivity index is 1.27. The molecule has 0 N–H and O–H groups in total. The van der Waals surface area contributed by atoms with E-state index >= 15 is 0 Å². The number of carbonyl (C=O) groups excluding carboxylic acids is 1. The largest absolute Gasteiger partial charge is 0.616 e. The molecule has 6 nitrogen and oxygen atoms in total. The number of amides is 1. The second-order valence-electron chi connectivity index (χ2n) is 11.1. The number of nitrogens with zero attached hydrogens (tertiary/aromatic N) is 4. The Morgan fingerprint density at radius 2 is 1.90 bits per heavy atom. The van der Waals surface area contributed by atoms with E-state index in [1.165, 1.54) is 0 Å². The third-order valence-electron chi connectivity index (χ3n) is 8.54. The topological polar surface area (TPSA) is 73.6 Å². The molecule has 1 amide bonds. The molecule has 0 radical (unpaired) electrons. The van der Waals surface area contributed by atoms with Crippen LogP contribution in [0.15, 0.2) is 30.3 Å². The second-order valence-corrected chi connectivity index (χ2v) is 13.6. The van der Waals surface area contributed by atoms with Crippen LogP contribution in [-0.4, -0.2) is 89.0 Å². The highest BCUT2D eigenvalue weighted by Crippen LogP contribution is 2.31. The highest BCUT2D eigenvalue weighted by Gasteiger charge is 2.35. The highest BCUT2D eigenvalue weighted by molar-refractivity contribution is 7.91. The fourth-order valence-corrected chi connectivity index (χ4v) is 7.57. The van der Waals surface area contributed by atoms with Gasteiger partial charge < -0.3 is 14.4 Å². The molecule has 9 heteroatoms. The van der Waals surface area contributed by atoms with Crippen molar-refractivity contribution in [3.8, 4) is 6.07 Å². The normalized spacial score (nSPS) is 19.7. The van der Waals surface area contributed by atoms with Crippen molar-refractivity contribution < 1.29 is 9.35 Å². The Morgan fingerprint density at radius 1 is 1.15 bits per heavy atom. The molecule has 2 aromatic carbocycles. The van der Waals surface area contributed by atoms with Crippen LogP contribution in [0.3, 0.4) is 0 Å². The monoisotopic (exact) mass is 586 g/mol. The number of fused-ring (bicyclic) bond motifs is 1. The van der Waals surface area contributed by atoms with Gasteiger partial charge in [0.2, 0.25) is 0 Å². The quantitative estimate of drug-likeness (QED) is 0.418. The summed E-state index contributed by atoms with van der Waals surface area (Å²) in [5.41, 5.74) is 4.56. The first kappa shape index (κ1) is 28.7. The molecule has 0 saturated carbocycles. The fourth-order valence-electron chi connectivity index (χ4n) is 6.18. The number of benzene rings is 2. The average Bonchev–Trinajstić information content (AvgIpc) is 2.92. The summed E-state index contributed by atoms with van der Waals surface area (Å²) in [7, 11) is 1.86. The Labute approximate surface area is 245 Å². The van der Waals surface area contributed by atoms with E-state index in [9.17, 15) is 14.6 Å². The average molecular weight is 588 g/mol. The number of aryl methyl sites for hydroxylation is 1. The van der Waals surface area contributed by atoms with Gasteiger partial charge in [0.15, 0.2) is 0 Å². The zero-order chi connectivity index (χ0) is 27.5. The van der Waals surface area contributed by atoms with E-state index in [2.05, 4.69) is 15.9 Å². The predicted octanol–water partition coefficient (Wildman–Crippen LogP) is 4.74. The first-order chi connectivity index (χ1) is 18.8. The summed E-state index contributed by atoms with van der Waals surface area (Å²) in [6, 6.07) is 12.3. The van der Waals surface area contributed by atoms with Gasteiger partial charge in [-0.3, -0.25) is 9.69 Å². The third-order valence-corrected chi connectivity index (χ3v) is 10.6. The molecule has 2 aliphatic heterocycles. The van der Waals surface area contributed by atoms with Crippen LogP contribution in [0.2, 0.25) is 10.0 Å². The summed E-state index contributed by atoms with van der Waals surface area (Å²) >= 11 is 12.0. The van der Waals surface area contributed by atoms with Crippen LogP contribution in [-0.2, 0) is 24.0 Å². The molecule has 1 aliphatic carbocycles. The van der Waals surface area contributed by atoms with Crippen molar-refractivity contribution in [3.63, 3.8) is 0 Å². The summed E-state index contributed by atoms with van der Waals surface area (Å²) in [5, 5.41) is 10.6. The van der Waals surface area contributed by atoms with Gasteiger partial charge >= 0.3 is 0 Å². The number of halogens is 2. The number of hydrogen-bond donors (Lipinski definition) is 0. The maximum absolute atomic E-state index is 13.8. The lowest BCUT2D eigenvalue weighted by Crippen LogP contribution is -2.62. The number of likely N-dealkylation sites (tertiary alicyclic amines) is 1. The van der Waals surface area contributed by atoms with Gasteiger partial charge in [0, 0.05) is 57.3 Å². The van der Waals surface area contributed by atoms with E-state index in [-0.39, 0.29) is 11.8 Å². The van der Waals surface area contributed by atoms with Crippen molar-refractivity contribution in [1.29, 1.82) is 5.26 Å².